The van der Waals surface area contributed by atoms with Crippen LogP contribution in [-0.4, -0.2) is 46.5 Å². The van der Waals surface area contributed by atoms with Gasteiger partial charge in [0.1, 0.15) is 0 Å². The van der Waals surface area contributed by atoms with E-state index in [1.807, 2.05) is 24.5 Å². The number of anilines is 2. The summed E-state index contributed by atoms with van der Waals surface area (Å²) in [6.07, 6.45) is 5.00. The Bertz CT molecular complexity index is 1310. The smallest absolute Gasteiger partial charge is 0.228 e. The van der Waals surface area contributed by atoms with Crippen LogP contribution in [0.1, 0.15) is 16.8 Å². The van der Waals surface area contributed by atoms with Crippen LogP contribution in [0.4, 0.5) is 11.5 Å². The summed E-state index contributed by atoms with van der Waals surface area (Å²) in [5.74, 6) is 0.970. The van der Waals surface area contributed by atoms with Crippen molar-refractivity contribution < 1.29 is 4.79 Å². The molecule has 4 aromatic rings. The van der Waals surface area contributed by atoms with Gasteiger partial charge in [-0.25, -0.2) is 9.97 Å². The molecule has 1 fully saturated rings. The van der Waals surface area contributed by atoms with Crippen LogP contribution in [0.2, 0.25) is 0 Å². The second kappa shape index (κ2) is 7.76. The van der Waals surface area contributed by atoms with Crippen molar-refractivity contribution in [1.82, 2.24) is 19.7 Å². The Hall–Kier alpha value is -3.71. The molecule has 7 nitrogen and oxygen atoms in total. The van der Waals surface area contributed by atoms with E-state index in [1.165, 1.54) is 5.56 Å². The van der Waals surface area contributed by atoms with Crippen LogP contribution in [0.5, 0.6) is 0 Å². The molecule has 2 aromatic heterocycles. The first-order valence-corrected chi connectivity index (χ1v) is 11.0. The van der Waals surface area contributed by atoms with Crippen LogP contribution in [0.15, 0.2) is 60.9 Å². The lowest BCUT2D eigenvalue weighted by Gasteiger charge is -2.28. The van der Waals surface area contributed by atoms with Gasteiger partial charge in [0.05, 0.1) is 17.8 Å². The normalized spacial score (nSPS) is 15.8. The van der Waals surface area contributed by atoms with E-state index in [0.717, 1.165) is 72.3 Å². The van der Waals surface area contributed by atoms with Crippen LogP contribution in [-0.2, 0) is 17.6 Å². The molecular weight excluding hydrogens is 400 g/mol. The molecule has 1 saturated heterocycles. The van der Waals surface area contributed by atoms with Crippen LogP contribution in [0, 0.1) is 0 Å². The number of carbonyl (C=O) groups is 1. The number of hydrogen-bond acceptors (Lipinski definition) is 5. The molecular formula is C25H24N6O. The summed E-state index contributed by atoms with van der Waals surface area (Å²) in [7, 11) is 0. The van der Waals surface area contributed by atoms with Crippen LogP contribution in [0.25, 0.3) is 16.9 Å². The van der Waals surface area contributed by atoms with Gasteiger partial charge in [-0.15, -0.1) is 0 Å². The minimum Gasteiger partial charge on any atom is -0.351 e. The minimum atomic E-state index is 0.0463. The fraction of sp³-hybridized carbons (Fsp3) is 0.240. The van der Waals surface area contributed by atoms with Crippen molar-refractivity contribution in [3.63, 3.8) is 0 Å². The van der Waals surface area contributed by atoms with Crippen LogP contribution < -0.4 is 15.5 Å². The largest absolute Gasteiger partial charge is 0.351 e. The molecule has 2 N–H and O–H groups in total. The quantitative estimate of drug-likeness (QED) is 0.527. The highest BCUT2D eigenvalue weighted by atomic mass is 16.1. The number of amides is 1. The fourth-order valence-electron chi connectivity index (χ4n) is 4.71. The van der Waals surface area contributed by atoms with Gasteiger partial charge in [-0.1, -0.05) is 36.4 Å². The van der Waals surface area contributed by atoms with Gasteiger partial charge in [-0.3, -0.25) is 9.20 Å². The maximum atomic E-state index is 11.9. The lowest BCUT2D eigenvalue weighted by atomic mass is 10.0. The fourth-order valence-corrected chi connectivity index (χ4v) is 4.71. The molecule has 4 heterocycles. The maximum Gasteiger partial charge on any atom is 0.228 e. The lowest BCUT2D eigenvalue weighted by Crippen LogP contribution is -2.44. The summed E-state index contributed by atoms with van der Waals surface area (Å²) >= 11 is 0. The third-order valence-electron chi connectivity index (χ3n) is 6.23. The van der Waals surface area contributed by atoms with Gasteiger partial charge >= 0.3 is 0 Å². The number of benzene rings is 2. The monoisotopic (exact) mass is 424 g/mol. The zero-order valence-electron chi connectivity index (χ0n) is 17.7. The summed E-state index contributed by atoms with van der Waals surface area (Å²) in [5.41, 5.74) is 7.17. The zero-order valence-corrected chi connectivity index (χ0v) is 17.7. The Kier molecular flexibility index (Phi) is 4.61. The van der Waals surface area contributed by atoms with Crippen molar-refractivity contribution in [3.8, 4) is 11.3 Å². The molecule has 1 amide bonds. The number of imidazole rings is 1. The van der Waals surface area contributed by atoms with Crippen molar-refractivity contribution in [1.29, 1.82) is 0 Å². The van der Waals surface area contributed by atoms with E-state index in [2.05, 4.69) is 56.3 Å². The van der Waals surface area contributed by atoms with E-state index < -0.39 is 0 Å². The molecule has 2 aromatic carbocycles. The molecule has 0 unspecified atom stereocenters. The molecule has 2 aliphatic heterocycles. The first-order valence-electron chi connectivity index (χ1n) is 11.0. The molecule has 6 rings (SSSR count). The number of piperazine rings is 1. The zero-order chi connectivity index (χ0) is 21.5. The van der Waals surface area contributed by atoms with E-state index in [1.54, 1.807) is 0 Å². The number of hydrogen-bond donors (Lipinski definition) is 2. The third-order valence-corrected chi connectivity index (χ3v) is 6.23. The average Bonchev–Trinajstić information content (AvgIpc) is 3.38. The van der Waals surface area contributed by atoms with E-state index in [0.29, 0.717) is 6.42 Å². The van der Waals surface area contributed by atoms with Gasteiger partial charge in [0.2, 0.25) is 5.91 Å². The third kappa shape index (κ3) is 3.31. The predicted octanol–water partition coefficient (Wildman–Crippen LogP) is 2.89. The van der Waals surface area contributed by atoms with Crippen LogP contribution >= 0.6 is 0 Å². The first kappa shape index (κ1) is 19.0. The summed E-state index contributed by atoms with van der Waals surface area (Å²) in [4.78, 5) is 24.0. The van der Waals surface area contributed by atoms with Crippen molar-refractivity contribution >= 4 is 23.1 Å². The highest BCUT2D eigenvalue weighted by Crippen LogP contribution is 2.34. The van der Waals surface area contributed by atoms with Crippen LogP contribution in [0.3, 0.4) is 0 Å². The van der Waals surface area contributed by atoms with E-state index in [4.69, 9.17) is 9.97 Å². The number of fused-ring (bicyclic) bond motifs is 2. The molecule has 0 aliphatic carbocycles. The van der Waals surface area contributed by atoms with E-state index >= 15 is 0 Å². The summed E-state index contributed by atoms with van der Waals surface area (Å²) < 4.78 is 2.16. The Labute approximate surface area is 186 Å². The second-order valence-corrected chi connectivity index (χ2v) is 8.35. The number of nitrogens with one attached hydrogen (secondary N) is 2. The maximum absolute atomic E-state index is 11.9. The van der Waals surface area contributed by atoms with Crippen molar-refractivity contribution in [3.05, 3.63) is 77.7 Å². The molecule has 0 radical (unpaired) electrons. The van der Waals surface area contributed by atoms with Gasteiger partial charge < -0.3 is 15.5 Å². The van der Waals surface area contributed by atoms with Crippen molar-refractivity contribution in [2.24, 2.45) is 0 Å². The molecule has 0 spiro atoms. The summed E-state index contributed by atoms with van der Waals surface area (Å²) in [6, 6.07) is 16.6. The Balaban J connectivity index is 1.53. The second-order valence-electron chi connectivity index (χ2n) is 8.35. The van der Waals surface area contributed by atoms with Gasteiger partial charge in [0.25, 0.3) is 0 Å². The molecule has 160 valence electrons. The molecule has 0 bridgehead atoms. The topological polar surface area (TPSA) is 74.6 Å². The molecule has 32 heavy (non-hydrogen) atoms. The SMILES string of the molecule is O=C1Cc2cc(-c3c(Cc4ccccc4)nc4c(N5CCNCC5)nccn34)ccc2N1. The molecule has 0 atom stereocenters. The van der Waals surface area contributed by atoms with Gasteiger partial charge in [-0.2, -0.15) is 0 Å². The standard InChI is InChI=1S/C25H24N6O/c32-22-16-19-15-18(6-7-20(19)28-22)23-21(14-17-4-2-1-3-5-17)29-25-24(27-10-13-31(23)25)30-11-8-26-9-12-30/h1-7,10,13,15,26H,8-9,11-12,14,16H2,(H,28,32). The molecule has 2 aliphatic rings. The van der Waals surface area contributed by atoms with E-state index in [9.17, 15) is 4.79 Å². The van der Waals surface area contributed by atoms with Gasteiger partial charge in [0, 0.05) is 56.2 Å². The number of aromatic nitrogens is 3. The summed E-state index contributed by atoms with van der Waals surface area (Å²) in [5, 5.41) is 6.33. The summed E-state index contributed by atoms with van der Waals surface area (Å²) in [6.45, 7) is 3.71. The average molecular weight is 425 g/mol. The van der Waals surface area contributed by atoms with Gasteiger partial charge in [-0.05, 0) is 23.3 Å². The number of carbonyl (C=O) groups excluding carboxylic acids is 1. The Morgan fingerprint density at radius 1 is 1.03 bits per heavy atom. The lowest BCUT2D eigenvalue weighted by molar-refractivity contribution is -0.115. The number of nitrogens with zero attached hydrogens (tertiary/aromatic N) is 4. The molecule has 0 saturated carbocycles. The predicted molar refractivity (Wildman–Crippen MR) is 125 cm³/mol. The van der Waals surface area contributed by atoms with E-state index in [-0.39, 0.29) is 5.91 Å². The first-order chi connectivity index (χ1) is 15.8. The highest BCUT2D eigenvalue weighted by molar-refractivity contribution is 5.99. The Morgan fingerprint density at radius 3 is 2.72 bits per heavy atom. The Morgan fingerprint density at radius 2 is 1.88 bits per heavy atom. The van der Waals surface area contributed by atoms with Crippen molar-refractivity contribution in [2.75, 3.05) is 36.4 Å². The number of rotatable bonds is 4. The van der Waals surface area contributed by atoms with Crippen molar-refractivity contribution in [2.45, 2.75) is 12.8 Å². The highest BCUT2D eigenvalue weighted by Gasteiger charge is 2.23. The molecule has 7 heteroatoms. The van der Waals surface area contributed by atoms with Gasteiger partial charge in [0.15, 0.2) is 11.5 Å². The minimum absolute atomic E-state index is 0.0463.